The number of amides is 1. The van der Waals surface area contributed by atoms with E-state index in [-0.39, 0.29) is 36.8 Å². The topological polar surface area (TPSA) is 149 Å². The zero-order valence-corrected chi connectivity index (χ0v) is 28.9. The lowest BCUT2D eigenvalue weighted by Crippen LogP contribution is -2.46. The van der Waals surface area contributed by atoms with Gasteiger partial charge in [0.2, 0.25) is 5.91 Å². The predicted octanol–water partition coefficient (Wildman–Crippen LogP) is 1.64. The second-order valence-electron chi connectivity index (χ2n) is 12.3. The SMILES string of the molecule is C.CC(=O)CN1CCN(C)CC1.CC(=O)N1CCN(C)CC1.CC(=O)c1cc(N)cc(N)c1.CC(C)C(=O)ON1CCN(C)CC1. The standard InChI is InChI=1S/C9H18N2O2.C8H16N2O.C8H10N2O.C7H14N2O.CH4/c1-8(2)9(12)13-11-6-4-10(3)5-7-11;1-8(11)7-10-5-3-9(2)4-6-10;1-5(11)6-2-7(9)4-8(10)3-6;1-7(10)9-5-3-8(2)4-6-9;/h8H,4-7H2,1-3H3;3-7H2,1-2H3;2-4H,9-10H2,1H3;3-6H2,1-2H3;1H4. The Kier molecular flexibility index (Phi) is 20.9. The van der Waals surface area contributed by atoms with Crippen LogP contribution in [0.3, 0.4) is 0 Å². The molecule has 0 bridgehead atoms. The van der Waals surface area contributed by atoms with Crippen molar-refractivity contribution in [2.45, 2.75) is 42.0 Å². The van der Waals surface area contributed by atoms with Crippen LogP contribution in [0.15, 0.2) is 18.2 Å². The van der Waals surface area contributed by atoms with Crippen molar-refractivity contribution < 1.29 is 24.0 Å². The maximum absolute atomic E-state index is 11.2. The zero-order chi connectivity index (χ0) is 34.1. The van der Waals surface area contributed by atoms with Crippen molar-refractivity contribution >= 4 is 34.8 Å². The predicted molar refractivity (Wildman–Crippen MR) is 186 cm³/mol. The number of rotatable bonds is 5. The molecule has 3 aliphatic heterocycles. The number of benzene rings is 1. The molecule has 264 valence electrons. The van der Waals surface area contributed by atoms with Crippen molar-refractivity contribution in [3.05, 3.63) is 23.8 Å². The first-order chi connectivity index (χ1) is 21.1. The van der Waals surface area contributed by atoms with Crippen LogP contribution in [0.1, 0.15) is 52.4 Å². The number of nitrogens with two attached hydrogens (primary N) is 2. The molecular weight excluding hydrogens is 588 g/mol. The van der Waals surface area contributed by atoms with Crippen molar-refractivity contribution in [2.75, 3.05) is 118 Å². The highest BCUT2D eigenvalue weighted by Gasteiger charge is 2.19. The summed E-state index contributed by atoms with van der Waals surface area (Å²) in [5.41, 5.74) is 12.5. The molecule has 4 rings (SSSR count). The number of carbonyl (C=O) groups is 4. The fourth-order valence-electron chi connectivity index (χ4n) is 4.43. The summed E-state index contributed by atoms with van der Waals surface area (Å²) in [6.07, 6.45) is 0. The van der Waals surface area contributed by atoms with Crippen molar-refractivity contribution in [2.24, 2.45) is 5.92 Å². The number of hydroxylamine groups is 2. The number of piperazine rings is 3. The maximum Gasteiger partial charge on any atom is 0.327 e. The Morgan fingerprint density at radius 2 is 1.11 bits per heavy atom. The summed E-state index contributed by atoms with van der Waals surface area (Å²) in [6.45, 7) is 20.7. The Hall–Kier alpha value is -3.10. The molecule has 0 spiro atoms. The molecule has 0 atom stereocenters. The van der Waals surface area contributed by atoms with Gasteiger partial charge in [-0.05, 0) is 53.2 Å². The third kappa shape index (κ3) is 18.8. The number of anilines is 2. The smallest absolute Gasteiger partial charge is 0.327 e. The van der Waals surface area contributed by atoms with E-state index in [1.54, 1.807) is 37.1 Å². The van der Waals surface area contributed by atoms with E-state index in [1.807, 2.05) is 18.7 Å². The summed E-state index contributed by atoms with van der Waals surface area (Å²) in [6, 6.07) is 4.84. The van der Waals surface area contributed by atoms with Crippen LogP contribution in [0, 0.1) is 5.92 Å². The van der Waals surface area contributed by atoms with E-state index in [2.05, 4.69) is 40.7 Å². The minimum absolute atomic E-state index is 0. The van der Waals surface area contributed by atoms with Gasteiger partial charge in [-0.3, -0.25) is 24.1 Å². The number of likely N-dealkylation sites (N-methyl/N-ethyl adjacent to an activating group) is 3. The van der Waals surface area contributed by atoms with E-state index in [9.17, 15) is 19.2 Å². The van der Waals surface area contributed by atoms with Gasteiger partial charge >= 0.3 is 5.97 Å². The lowest BCUT2D eigenvalue weighted by molar-refractivity contribution is -0.200. The van der Waals surface area contributed by atoms with Crippen molar-refractivity contribution in [1.29, 1.82) is 0 Å². The highest BCUT2D eigenvalue weighted by Crippen LogP contribution is 2.13. The molecule has 0 radical (unpaired) electrons. The molecule has 1 aromatic carbocycles. The average Bonchev–Trinajstić information content (AvgIpc) is 2.96. The summed E-state index contributed by atoms with van der Waals surface area (Å²) in [7, 11) is 6.27. The van der Waals surface area contributed by atoms with E-state index in [0.29, 0.717) is 23.5 Å². The van der Waals surface area contributed by atoms with E-state index in [0.717, 1.165) is 78.5 Å². The van der Waals surface area contributed by atoms with E-state index in [1.165, 1.54) is 6.92 Å². The van der Waals surface area contributed by atoms with Gasteiger partial charge < -0.3 is 35.9 Å². The molecule has 3 saturated heterocycles. The number of carbonyl (C=O) groups excluding carboxylic acids is 4. The minimum Gasteiger partial charge on any atom is -0.399 e. The number of hydrogen-bond donors (Lipinski definition) is 2. The van der Waals surface area contributed by atoms with Crippen molar-refractivity contribution in [3.63, 3.8) is 0 Å². The largest absolute Gasteiger partial charge is 0.399 e. The second-order valence-corrected chi connectivity index (χ2v) is 12.3. The van der Waals surface area contributed by atoms with Crippen LogP contribution in [0.5, 0.6) is 0 Å². The minimum atomic E-state index is -0.135. The summed E-state index contributed by atoms with van der Waals surface area (Å²) in [5, 5.41) is 1.75. The first kappa shape index (κ1) is 42.9. The Morgan fingerprint density at radius 3 is 1.48 bits per heavy atom. The maximum atomic E-state index is 11.2. The molecule has 3 heterocycles. The molecule has 13 heteroatoms. The van der Waals surface area contributed by atoms with Crippen molar-refractivity contribution in [1.82, 2.24) is 29.6 Å². The molecule has 0 aromatic heterocycles. The third-order valence-electron chi connectivity index (χ3n) is 7.53. The molecule has 3 fully saturated rings. The average molecular weight is 651 g/mol. The van der Waals surface area contributed by atoms with Gasteiger partial charge in [-0.25, -0.2) is 0 Å². The Balaban J connectivity index is 0.000000585. The van der Waals surface area contributed by atoms with Gasteiger partial charge in [-0.15, -0.1) is 5.06 Å². The highest BCUT2D eigenvalue weighted by atomic mass is 16.7. The number of nitrogens with zero attached hydrogens (tertiary/aromatic N) is 6. The quantitative estimate of drug-likeness (QED) is 0.353. The molecule has 1 aromatic rings. The summed E-state index contributed by atoms with van der Waals surface area (Å²) < 4.78 is 0. The summed E-state index contributed by atoms with van der Waals surface area (Å²) in [4.78, 5) is 59.6. The molecule has 0 unspecified atom stereocenters. The Labute approximate surface area is 277 Å². The molecule has 0 aliphatic carbocycles. The molecule has 13 nitrogen and oxygen atoms in total. The van der Waals surface area contributed by atoms with E-state index in [4.69, 9.17) is 16.3 Å². The number of ketones is 2. The van der Waals surface area contributed by atoms with Gasteiger partial charge in [0.05, 0.1) is 12.5 Å². The van der Waals surface area contributed by atoms with E-state index >= 15 is 0 Å². The van der Waals surface area contributed by atoms with Gasteiger partial charge in [-0.2, -0.15) is 0 Å². The van der Waals surface area contributed by atoms with E-state index < -0.39 is 0 Å². The van der Waals surface area contributed by atoms with Crippen LogP contribution in [-0.4, -0.2) is 159 Å². The fourth-order valence-corrected chi connectivity index (χ4v) is 4.43. The summed E-state index contributed by atoms with van der Waals surface area (Å²) in [5.74, 6) is 0.274. The van der Waals surface area contributed by atoms with Crippen LogP contribution in [-0.2, 0) is 19.2 Å². The van der Waals surface area contributed by atoms with Gasteiger partial charge in [0.1, 0.15) is 5.78 Å². The van der Waals surface area contributed by atoms with Crippen LogP contribution in [0.25, 0.3) is 0 Å². The van der Waals surface area contributed by atoms with Crippen molar-refractivity contribution in [3.8, 4) is 0 Å². The number of nitrogen functional groups attached to an aromatic ring is 2. The van der Waals surface area contributed by atoms with Crippen LogP contribution in [0.2, 0.25) is 0 Å². The van der Waals surface area contributed by atoms with Crippen LogP contribution >= 0.6 is 0 Å². The Morgan fingerprint density at radius 1 is 0.696 bits per heavy atom. The molecule has 1 amide bonds. The first-order valence-electron chi connectivity index (χ1n) is 15.7. The van der Waals surface area contributed by atoms with Gasteiger partial charge in [0, 0.05) is 102 Å². The highest BCUT2D eigenvalue weighted by molar-refractivity contribution is 5.95. The molecule has 46 heavy (non-hydrogen) atoms. The lowest BCUT2D eigenvalue weighted by Gasteiger charge is -2.31. The van der Waals surface area contributed by atoms with Crippen LogP contribution in [0.4, 0.5) is 11.4 Å². The summed E-state index contributed by atoms with van der Waals surface area (Å²) >= 11 is 0. The zero-order valence-electron chi connectivity index (χ0n) is 28.9. The van der Waals surface area contributed by atoms with Gasteiger partial charge in [-0.1, -0.05) is 21.3 Å². The normalized spacial score (nSPS) is 18.0. The van der Waals surface area contributed by atoms with Crippen LogP contribution < -0.4 is 11.5 Å². The third-order valence-corrected chi connectivity index (χ3v) is 7.53. The lowest BCUT2D eigenvalue weighted by atomic mass is 10.1. The monoisotopic (exact) mass is 650 g/mol. The fraction of sp³-hybridized carbons (Fsp3) is 0.697. The molecular formula is C33H62N8O5. The Bertz CT molecular complexity index is 1040. The van der Waals surface area contributed by atoms with Gasteiger partial charge in [0.25, 0.3) is 0 Å². The molecule has 3 aliphatic rings. The molecule has 0 saturated carbocycles. The molecule has 4 N–H and O–H groups in total. The second kappa shape index (κ2) is 22.4. The first-order valence-corrected chi connectivity index (χ1v) is 15.7. The number of hydrogen-bond acceptors (Lipinski definition) is 12. The number of Topliss-reactive ketones (excluding diaryl/α,β-unsaturated/α-hetero) is 2. The van der Waals surface area contributed by atoms with Gasteiger partial charge in [0.15, 0.2) is 5.78 Å².